The molecule has 1 aromatic rings. The Bertz CT molecular complexity index is 498. The van der Waals surface area contributed by atoms with Crippen LogP contribution in [-0.4, -0.2) is 26.8 Å². The largest absolute Gasteiger partial charge is 0.369 e. The zero-order valence-corrected chi connectivity index (χ0v) is 12.5. The summed E-state index contributed by atoms with van der Waals surface area (Å²) < 4.78 is 14.3. The summed E-state index contributed by atoms with van der Waals surface area (Å²) >= 11 is 0. The Morgan fingerprint density at radius 1 is 1.63 bits per heavy atom. The summed E-state index contributed by atoms with van der Waals surface area (Å²) in [7, 11) is 3.77. The summed E-state index contributed by atoms with van der Waals surface area (Å²) in [6.07, 6.45) is 0.873. The first-order chi connectivity index (χ1) is 8.82. The van der Waals surface area contributed by atoms with Gasteiger partial charge in [0.1, 0.15) is 5.31 Å². The van der Waals surface area contributed by atoms with Gasteiger partial charge in [0, 0.05) is 24.3 Å². The second kappa shape index (κ2) is 5.12. The van der Waals surface area contributed by atoms with Gasteiger partial charge in [-0.3, -0.25) is 4.79 Å². The summed E-state index contributed by atoms with van der Waals surface area (Å²) in [5.41, 5.74) is 7.88. The molecular weight excluding hydrogens is 261 g/mol. The summed E-state index contributed by atoms with van der Waals surface area (Å²) in [5, 5.41) is -1.47. The molecule has 1 saturated heterocycles. The number of aryl methyl sites for hydroxylation is 1. The minimum absolute atomic E-state index is 0.117. The second-order valence-electron chi connectivity index (χ2n) is 5.28. The predicted molar refractivity (Wildman–Crippen MR) is 81.8 cm³/mol. The minimum atomic E-state index is -1.47. The van der Waals surface area contributed by atoms with E-state index in [1.807, 2.05) is 30.0 Å². The normalized spacial score (nSPS) is 18.8. The van der Waals surface area contributed by atoms with E-state index in [0.29, 0.717) is 18.7 Å². The number of rotatable bonds is 4. The molecule has 2 rings (SSSR count). The van der Waals surface area contributed by atoms with E-state index in [2.05, 4.69) is 9.24 Å². The van der Waals surface area contributed by atoms with E-state index < -0.39 is 5.31 Å². The molecule has 1 aromatic carbocycles. The van der Waals surface area contributed by atoms with Crippen molar-refractivity contribution in [2.24, 2.45) is 11.7 Å². The third-order valence-electron chi connectivity index (χ3n) is 3.62. The number of alkyl halides is 1. The quantitative estimate of drug-likeness (QED) is 0.653. The lowest BCUT2D eigenvalue weighted by Gasteiger charge is -2.41. The van der Waals surface area contributed by atoms with E-state index in [4.69, 9.17) is 5.73 Å². The fraction of sp³-hybridized carbons (Fsp3) is 0.462. The van der Waals surface area contributed by atoms with E-state index in [0.717, 1.165) is 17.7 Å². The molecule has 1 heterocycles. The van der Waals surface area contributed by atoms with Crippen LogP contribution in [-0.2, 0) is 16.5 Å². The average molecular weight is 280 g/mol. The average Bonchev–Trinajstić information content (AvgIpc) is 2.25. The van der Waals surface area contributed by atoms with Crippen molar-refractivity contribution in [2.45, 2.75) is 18.7 Å². The zero-order chi connectivity index (χ0) is 14.2. The smallest absolute Gasteiger partial charge is 0.224 e. The molecule has 2 N–H and O–H groups in total. The number of carbonyl (C=O) groups is 1. The molecule has 102 valence electrons. The van der Waals surface area contributed by atoms with Gasteiger partial charge in [-0.15, -0.1) is 9.24 Å². The van der Waals surface area contributed by atoms with Crippen LogP contribution in [0.3, 0.4) is 0 Å². The molecule has 0 aromatic heterocycles. The monoisotopic (exact) mass is 280 g/mol. The summed E-state index contributed by atoms with van der Waals surface area (Å²) in [6, 6.07) is 5.85. The zero-order valence-electron chi connectivity index (χ0n) is 11.3. The van der Waals surface area contributed by atoms with Crippen LogP contribution < -0.4 is 10.6 Å². The van der Waals surface area contributed by atoms with Crippen LogP contribution in [0.15, 0.2) is 18.2 Å². The number of benzene rings is 1. The molecule has 1 fully saturated rings. The maximum Gasteiger partial charge on any atom is 0.224 e. The molecule has 2 atom stereocenters. The highest BCUT2D eigenvalue weighted by Crippen LogP contribution is 2.39. The van der Waals surface area contributed by atoms with Gasteiger partial charge < -0.3 is 10.6 Å². The SMILES string of the molecule is BC(F)(P)c1cc(CC)ccc1N1CC(C(N)=O)C1. The molecule has 6 heteroatoms. The van der Waals surface area contributed by atoms with Crippen LogP contribution in [0.25, 0.3) is 0 Å². The first-order valence-electron chi connectivity index (χ1n) is 6.48. The molecule has 0 bridgehead atoms. The van der Waals surface area contributed by atoms with Gasteiger partial charge in [0.25, 0.3) is 0 Å². The van der Waals surface area contributed by atoms with E-state index in [1.54, 1.807) is 0 Å². The van der Waals surface area contributed by atoms with E-state index in [9.17, 15) is 9.18 Å². The minimum Gasteiger partial charge on any atom is -0.369 e. The highest BCUT2D eigenvalue weighted by molar-refractivity contribution is 7.21. The first-order valence-corrected chi connectivity index (χ1v) is 7.06. The Hall–Kier alpha value is -1.09. The third kappa shape index (κ3) is 2.92. The summed E-state index contributed by atoms with van der Waals surface area (Å²) in [5.74, 6) is -0.397. The summed E-state index contributed by atoms with van der Waals surface area (Å²) in [6.45, 7) is 3.20. The van der Waals surface area contributed by atoms with Crippen LogP contribution in [0.2, 0.25) is 0 Å². The van der Waals surface area contributed by atoms with Gasteiger partial charge >= 0.3 is 0 Å². The van der Waals surface area contributed by atoms with E-state index in [-0.39, 0.29) is 11.8 Å². The fourth-order valence-electron chi connectivity index (χ4n) is 2.33. The van der Waals surface area contributed by atoms with Crippen molar-refractivity contribution in [2.75, 3.05) is 18.0 Å². The number of amides is 1. The van der Waals surface area contributed by atoms with E-state index >= 15 is 0 Å². The molecular formula is C13H19BFN2OP. The molecule has 1 amide bonds. The molecule has 2 unspecified atom stereocenters. The lowest BCUT2D eigenvalue weighted by atomic mass is 9.87. The highest BCUT2D eigenvalue weighted by Gasteiger charge is 2.34. The standard InChI is InChI=1S/C13H19BFN2OP/c1-2-8-3-4-11(10(5-8)13(14,15)19)17-6-9(7-17)12(16)18/h3-5,9H,2,6-7,14,19H2,1H3,(H2,16,18). The van der Waals surface area contributed by atoms with Gasteiger partial charge in [0.15, 0.2) is 7.85 Å². The van der Waals surface area contributed by atoms with Crippen molar-refractivity contribution < 1.29 is 9.18 Å². The Labute approximate surface area is 116 Å². The molecule has 3 nitrogen and oxygen atoms in total. The van der Waals surface area contributed by atoms with Crippen LogP contribution >= 0.6 is 9.24 Å². The maximum atomic E-state index is 14.3. The molecule has 19 heavy (non-hydrogen) atoms. The van der Waals surface area contributed by atoms with Crippen molar-refractivity contribution in [3.05, 3.63) is 29.3 Å². The first kappa shape index (κ1) is 14.3. The fourth-order valence-corrected chi connectivity index (χ4v) is 2.56. The van der Waals surface area contributed by atoms with Crippen molar-refractivity contribution in [3.63, 3.8) is 0 Å². The van der Waals surface area contributed by atoms with Gasteiger partial charge in [-0.25, -0.2) is 4.39 Å². The number of nitrogens with two attached hydrogens (primary N) is 1. The molecule has 0 radical (unpaired) electrons. The molecule has 0 saturated carbocycles. The lowest BCUT2D eigenvalue weighted by Crippen LogP contribution is -2.53. The van der Waals surface area contributed by atoms with Gasteiger partial charge in [0.2, 0.25) is 5.91 Å². The lowest BCUT2D eigenvalue weighted by molar-refractivity contribution is -0.122. The number of nitrogens with zero attached hydrogens (tertiary/aromatic N) is 1. The van der Waals surface area contributed by atoms with Gasteiger partial charge in [-0.05, 0) is 18.1 Å². The van der Waals surface area contributed by atoms with Crippen molar-refractivity contribution >= 4 is 28.7 Å². The van der Waals surface area contributed by atoms with Crippen molar-refractivity contribution in [1.29, 1.82) is 0 Å². The van der Waals surface area contributed by atoms with Crippen molar-refractivity contribution in [1.82, 2.24) is 0 Å². The van der Waals surface area contributed by atoms with Gasteiger partial charge in [-0.1, -0.05) is 19.1 Å². The molecule has 0 aliphatic carbocycles. The number of anilines is 1. The number of hydrogen-bond acceptors (Lipinski definition) is 2. The van der Waals surface area contributed by atoms with Crippen LogP contribution in [0.4, 0.5) is 10.1 Å². The van der Waals surface area contributed by atoms with Crippen molar-refractivity contribution in [3.8, 4) is 0 Å². The topological polar surface area (TPSA) is 46.3 Å². The molecule has 1 aliphatic rings. The second-order valence-corrected chi connectivity index (χ2v) is 6.37. The molecule has 0 spiro atoms. The number of primary amides is 1. The van der Waals surface area contributed by atoms with E-state index in [1.165, 1.54) is 7.85 Å². The highest BCUT2D eigenvalue weighted by atomic mass is 31.0. The Kier molecular flexibility index (Phi) is 3.86. The number of hydrogen-bond donors (Lipinski definition) is 1. The van der Waals surface area contributed by atoms with Crippen LogP contribution in [0.1, 0.15) is 18.1 Å². The summed E-state index contributed by atoms with van der Waals surface area (Å²) in [4.78, 5) is 13.1. The number of carbonyl (C=O) groups excluding carboxylic acids is 1. The Morgan fingerprint density at radius 2 is 2.26 bits per heavy atom. The van der Waals surface area contributed by atoms with Gasteiger partial charge in [-0.2, -0.15) is 0 Å². The predicted octanol–water partition coefficient (Wildman–Crippen LogP) is 0.758. The third-order valence-corrected chi connectivity index (χ3v) is 3.93. The Balaban J connectivity index is 2.28. The van der Waals surface area contributed by atoms with Crippen LogP contribution in [0.5, 0.6) is 0 Å². The van der Waals surface area contributed by atoms with Gasteiger partial charge in [0.05, 0.1) is 5.92 Å². The maximum absolute atomic E-state index is 14.3. The Morgan fingerprint density at radius 3 is 2.74 bits per heavy atom. The van der Waals surface area contributed by atoms with Crippen LogP contribution in [0, 0.1) is 5.92 Å². The molecule has 1 aliphatic heterocycles. The number of halogens is 1.